The predicted molar refractivity (Wildman–Crippen MR) is 47.2 cm³/mol. The Morgan fingerprint density at radius 1 is 0.562 bits per heavy atom. The van der Waals surface area contributed by atoms with Crippen molar-refractivity contribution < 1.29 is 85.7 Å². The van der Waals surface area contributed by atoms with Gasteiger partial charge in [-0.15, -0.1) is 21.4 Å². The molecule has 94 valence electrons. The van der Waals surface area contributed by atoms with E-state index in [-0.39, 0.29) is 98.0 Å². The Morgan fingerprint density at radius 2 is 0.562 bits per heavy atom. The molecule has 0 fully saturated rings. The molecule has 16 heavy (non-hydrogen) atoms. The van der Waals surface area contributed by atoms with Crippen LogP contribution in [-0.2, 0) is 16.8 Å². The molecule has 0 aliphatic carbocycles. The minimum absolute atomic E-state index is 0. The Kier molecular flexibility index (Phi) is 629. The van der Waals surface area contributed by atoms with Crippen LogP contribution in [0, 0.1) is 40.5 Å². The summed E-state index contributed by atoms with van der Waals surface area (Å²) < 4.78 is 0. The molecule has 0 bridgehead atoms. The van der Waals surface area contributed by atoms with Gasteiger partial charge in [0.1, 0.15) is 0 Å². The number of nitrogens with two attached hydrogens (primary N) is 2. The van der Waals surface area contributed by atoms with E-state index in [0.717, 1.165) is 21.4 Å². The number of hydrogen-bond donors (Lipinski definition) is 0. The van der Waals surface area contributed by atoms with Crippen molar-refractivity contribution in [1.82, 2.24) is 0 Å². The number of hydrogen-bond acceptors (Lipinski definition) is 12. The molecule has 0 saturated carbocycles. The summed E-state index contributed by atoms with van der Waals surface area (Å²) in [5, 5.41) is 36.0. The van der Waals surface area contributed by atoms with Crippen molar-refractivity contribution in [3.8, 4) is 0 Å². The molecule has 0 aliphatic heterocycles. The molecule has 4 N–H and O–H groups in total. The average molecular weight is 408 g/mol. The summed E-state index contributed by atoms with van der Waals surface area (Å²) in [6, 6.07) is 0. The van der Waals surface area contributed by atoms with Crippen molar-refractivity contribution in [3.05, 3.63) is 52.8 Å². The Bertz CT molecular complexity index is 78.5. The van der Waals surface area contributed by atoms with Gasteiger partial charge in [-0.1, -0.05) is 0 Å². The Labute approximate surface area is 157 Å². The molecule has 0 spiro atoms. The van der Waals surface area contributed by atoms with Crippen molar-refractivity contribution >= 4 is 0 Å². The van der Waals surface area contributed by atoms with E-state index in [1.165, 1.54) is 0 Å². The van der Waals surface area contributed by atoms with E-state index in [1.54, 1.807) is 0 Å². The molecule has 14 nitrogen and oxygen atoms in total. The van der Waals surface area contributed by atoms with Crippen molar-refractivity contribution in [2.45, 2.75) is 0 Å². The quantitative estimate of drug-likeness (QED) is 0.369. The normalized spacial score (nSPS) is 3.00. The molecule has 0 aromatic carbocycles. The van der Waals surface area contributed by atoms with E-state index in [9.17, 15) is 0 Å². The summed E-state index contributed by atoms with van der Waals surface area (Å²) in [5.41, 5.74) is 0. The Hall–Kier alpha value is 0.0784. The fourth-order valence-electron chi connectivity index (χ4n) is 0. The van der Waals surface area contributed by atoms with Crippen LogP contribution in [0.3, 0.4) is 0 Å². The molecule has 0 unspecified atom stereocenters. The zero-order valence-electron chi connectivity index (χ0n) is 7.54. The third kappa shape index (κ3) is 391000. The van der Waals surface area contributed by atoms with Crippen LogP contribution in [0.2, 0.25) is 0 Å². The molecule has 16 heteroatoms. The molecule has 0 saturated heterocycles. The second-order valence-electron chi connectivity index (χ2n) is 0.298. The number of rotatable bonds is 0. The van der Waals surface area contributed by atoms with Crippen LogP contribution >= 0.6 is 0 Å². The first-order valence-electron chi connectivity index (χ1n) is 1.46. The van der Waals surface area contributed by atoms with Gasteiger partial charge in [0.25, 0.3) is 0 Å². The fourth-order valence-corrected chi connectivity index (χ4v) is 0. The van der Waals surface area contributed by atoms with E-state index in [0.29, 0.717) is 0 Å². The van der Waals surface area contributed by atoms with Crippen LogP contribution in [-0.4, -0.2) is 0 Å². The topological polar surface area (TPSA) is 277 Å². The van der Waals surface area contributed by atoms with Gasteiger partial charge in [-0.05, 0) is 0 Å². The van der Waals surface area contributed by atoms with E-state index in [1.807, 2.05) is 0 Å². The predicted octanol–water partition coefficient (Wildman–Crippen LogP) is -0.562. The molecule has 0 atom stereocenters. The molecule has 0 radical (unpaired) electrons. The maximum absolute atomic E-state index is 8.00. The van der Waals surface area contributed by atoms with Gasteiger partial charge in [-0.2, -0.15) is 0 Å². The summed E-state index contributed by atoms with van der Waals surface area (Å²) in [7, 11) is 0. The summed E-state index contributed by atoms with van der Waals surface area (Å²) >= 11 is 0. The van der Waals surface area contributed by atoms with Crippen molar-refractivity contribution in [3.63, 3.8) is 0 Å². The molecular weight excluding hydrogens is 404 g/mol. The summed E-state index contributed by atoms with van der Waals surface area (Å²) in [6.45, 7) is 0. The zero-order valence-corrected chi connectivity index (χ0v) is 14.9. The smallest absolute Gasteiger partial charge is 0.693 e. The summed E-state index contributed by atoms with van der Waals surface area (Å²) in [5.74, 6) is 0. The van der Waals surface area contributed by atoms with Crippen molar-refractivity contribution in [2.75, 3.05) is 0 Å². The molecule has 0 aromatic rings. The van der Waals surface area contributed by atoms with Crippen LogP contribution < -0.4 is 68.9 Å². The maximum Gasteiger partial charge on any atom is 3.00 e. The molecule has 0 heterocycles. The van der Waals surface area contributed by atoms with Gasteiger partial charge in [0.05, 0.1) is 0 Å². The molecule has 0 aliphatic rings. The van der Waals surface area contributed by atoms with Gasteiger partial charge >= 0.3 is 85.7 Å². The van der Waals surface area contributed by atoms with Crippen LogP contribution in [0.25, 0.3) is 12.3 Å². The van der Waals surface area contributed by atoms with Crippen LogP contribution in [0.5, 0.6) is 0 Å². The first-order chi connectivity index (χ1) is 5.66. The third-order valence-corrected chi connectivity index (χ3v) is 0. The zero-order chi connectivity index (χ0) is 10.8. The van der Waals surface area contributed by atoms with Crippen LogP contribution in [0.4, 0.5) is 0 Å². The largest absolute Gasteiger partial charge is 3.00 e. The third-order valence-electron chi connectivity index (χ3n) is 0. The van der Waals surface area contributed by atoms with Gasteiger partial charge in [-0.25, -0.2) is 0 Å². The van der Waals surface area contributed by atoms with E-state index in [2.05, 4.69) is 0 Å². The molecule has 0 aromatic heterocycles. The first-order valence-corrected chi connectivity index (χ1v) is 1.46. The van der Waals surface area contributed by atoms with Crippen LogP contribution in [0.1, 0.15) is 0 Å². The molecule has 0 amide bonds. The van der Waals surface area contributed by atoms with Gasteiger partial charge < -0.3 is 52.8 Å². The average Bonchev–Trinajstić information content (AvgIpc) is 1.92. The fraction of sp³-hybridized carbons (Fsp3) is 0. The van der Waals surface area contributed by atoms with Gasteiger partial charge in [-0.3, -0.25) is 0 Å². The molecule has 0 rings (SSSR count). The monoisotopic (exact) mass is 408 g/mol. The second-order valence-corrected chi connectivity index (χ2v) is 0.298. The minimum Gasteiger partial charge on any atom is -0.693 e. The van der Waals surface area contributed by atoms with Gasteiger partial charge in [0.15, 0.2) is 0 Å². The number of nitrogens with zero attached hydrogens (tertiary/aromatic N) is 4. The minimum atomic E-state index is 0. The standard InChI is InChI=1S/Co.Cs.4HNO2.2H2N/c;;4*2-1-3;;/h;;4*(H,2,3);2*1H2/q+3;+1;;;;;2*-1/p-4. The SMILES string of the molecule is O=N[O-].O=N[O-].O=N[O-].O=N[O-].[Co+3].[Cs+].[NH2-].[NH2-]. The second kappa shape index (κ2) is 180. The van der Waals surface area contributed by atoms with Gasteiger partial charge in [0.2, 0.25) is 0 Å². The van der Waals surface area contributed by atoms with Gasteiger partial charge in [0, 0.05) is 0 Å². The maximum atomic E-state index is 8.00. The van der Waals surface area contributed by atoms with Crippen molar-refractivity contribution in [1.29, 1.82) is 0 Å². The van der Waals surface area contributed by atoms with Crippen molar-refractivity contribution in [2.24, 2.45) is 21.4 Å². The summed E-state index contributed by atoms with van der Waals surface area (Å²) in [4.78, 5) is 32.0. The Morgan fingerprint density at radius 3 is 0.562 bits per heavy atom. The van der Waals surface area contributed by atoms with E-state index >= 15 is 0 Å². The van der Waals surface area contributed by atoms with Crippen LogP contribution in [0.15, 0.2) is 21.4 Å². The van der Waals surface area contributed by atoms with E-state index < -0.39 is 0 Å². The molecular formula is H4CoCsN6O8-2. The summed E-state index contributed by atoms with van der Waals surface area (Å²) in [6.07, 6.45) is 0. The van der Waals surface area contributed by atoms with E-state index in [4.69, 9.17) is 40.5 Å². The first kappa shape index (κ1) is 56.0. The Balaban J connectivity index is -0.00000000821.